The SMILES string of the molecule is O=C(c1ccn(-c2ccc([N+](=O)[O-])cc2)n1)N(Cc1ccsc1)C1CC1. The van der Waals surface area contributed by atoms with Crippen molar-refractivity contribution in [2.45, 2.75) is 25.4 Å². The molecule has 2 heterocycles. The lowest BCUT2D eigenvalue weighted by Gasteiger charge is -2.20. The van der Waals surface area contributed by atoms with Crippen LogP contribution in [0.25, 0.3) is 5.69 Å². The average Bonchev–Trinajstić information content (AvgIpc) is 3.15. The Hall–Kier alpha value is -3.00. The van der Waals surface area contributed by atoms with Gasteiger partial charge in [0.15, 0.2) is 5.69 Å². The number of carbonyl (C=O) groups is 1. The summed E-state index contributed by atoms with van der Waals surface area (Å²) in [6.07, 6.45) is 3.75. The molecule has 1 aliphatic rings. The van der Waals surface area contributed by atoms with Crippen LogP contribution in [0.1, 0.15) is 28.9 Å². The van der Waals surface area contributed by atoms with Crippen molar-refractivity contribution in [1.29, 1.82) is 0 Å². The minimum absolute atomic E-state index is 0.0212. The molecule has 0 aliphatic heterocycles. The molecule has 2 aromatic heterocycles. The zero-order chi connectivity index (χ0) is 18.1. The van der Waals surface area contributed by atoms with Crippen molar-refractivity contribution in [3.63, 3.8) is 0 Å². The molecule has 0 atom stereocenters. The maximum Gasteiger partial charge on any atom is 0.274 e. The number of hydrogen-bond acceptors (Lipinski definition) is 5. The molecule has 0 saturated heterocycles. The molecule has 0 radical (unpaired) electrons. The fraction of sp³-hybridized carbons (Fsp3) is 0.222. The highest BCUT2D eigenvalue weighted by Gasteiger charge is 2.34. The van der Waals surface area contributed by atoms with Gasteiger partial charge >= 0.3 is 0 Å². The van der Waals surface area contributed by atoms with E-state index in [1.807, 2.05) is 16.3 Å². The van der Waals surface area contributed by atoms with Gasteiger partial charge in [0.05, 0.1) is 10.6 Å². The minimum atomic E-state index is -0.445. The number of nitro benzene ring substituents is 1. The number of nitrogens with zero attached hydrogens (tertiary/aromatic N) is 4. The average molecular weight is 368 g/mol. The second-order valence-electron chi connectivity index (χ2n) is 6.21. The first-order valence-electron chi connectivity index (χ1n) is 8.24. The third-order valence-corrected chi connectivity index (χ3v) is 5.05. The summed E-state index contributed by atoms with van der Waals surface area (Å²) in [5.74, 6) is -0.0839. The first-order valence-corrected chi connectivity index (χ1v) is 9.18. The topological polar surface area (TPSA) is 81.3 Å². The van der Waals surface area contributed by atoms with Gasteiger partial charge in [-0.05, 0) is 53.4 Å². The van der Waals surface area contributed by atoms with Crippen LogP contribution in [-0.4, -0.2) is 31.6 Å². The Kier molecular flexibility index (Phi) is 4.26. The van der Waals surface area contributed by atoms with Gasteiger partial charge in [0.2, 0.25) is 0 Å². The van der Waals surface area contributed by atoms with Crippen molar-refractivity contribution in [1.82, 2.24) is 14.7 Å². The van der Waals surface area contributed by atoms with Crippen LogP contribution < -0.4 is 0 Å². The standard InChI is InChI=1S/C18H16N4O3S/c23-18(20(14-1-2-14)11-13-8-10-26-12-13)17-7-9-21(19-17)15-3-5-16(6-4-15)22(24)25/h3-10,12,14H,1-2,11H2. The Bertz CT molecular complexity index is 930. The molecule has 1 amide bonds. The van der Waals surface area contributed by atoms with E-state index in [1.54, 1.807) is 40.4 Å². The predicted octanol–water partition coefficient (Wildman–Crippen LogP) is 3.65. The van der Waals surface area contributed by atoms with E-state index in [4.69, 9.17) is 0 Å². The lowest BCUT2D eigenvalue weighted by molar-refractivity contribution is -0.384. The predicted molar refractivity (Wildman–Crippen MR) is 97.4 cm³/mol. The maximum atomic E-state index is 12.9. The molecule has 1 fully saturated rings. The van der Waals surface area contributed by atoms with Crippen molar-refractivity contribution < 1.29 is 9.72 Å². The number of carbonyl (C=O) groups excluding carboxylic acids is 1. The van der Waals surface area contributed by atoms with E-state index in [0.29, 0.717) is 17.9 Å². The van der Waals surface area contributed by atoms with Crippen molar-refractivity contribution in [2.24, 2.45) is 0 Å². The molecule has 1 aromatic carbocycles. The van der Waals surface area contributed by atoms with Gasteiger partial charge in [0.1, 0.15) is 0 Å². The van der Waals surface area contributed by atoms with Gasteiger partial charge in [-0.2, -0.15) is 16.4 Å². The molecule has 3 aromatic rings. The zero-order valence-electron chi connectivity index (χ0n) is 13.8. The summed E-state index contributed by atoms with van der Waals surface area (Å²) in [5.41, 5.74) is 2.20. The van der Waals surface area contributed by atoms with E-state index in [0.717, 1.165) is 18.4 Å². The van der Waals surface area contributed by atoms with E-state index < -0.39 is 4.92 Å². The minimum Gasteiger partial charge on any atom is -0.330 e. The molecule has 0 spiro atoms. The van der Waals surface area contributed by atoms with Crippen LogP contribution in [0.15, 0.2) is 53.4 Å². The van der Waals surface area contributed by atoms with Gasteiger partial charge < -0.3 is 4.90 Å². The van der Waals surface area contributed by atoms with Crippen LogP contribution in [0.2, 0.25) is 0 Å². The van der Waals surface area contributed by atoms with Gasteiger partial charge in [-0.3, -0.25) is 14.9 Å². The quantitative estimate of drug-likeness (QED) is 0.491. The van der Waals surface area contributed by atoms with Crippen LogP contribution >= 0.6 is 11.3 Å². The molecule has 132 valence electrons. The van der Waals surface area contributed by atoms with Crippen molar-refractivity contribution in [3.05, 3.63) is 74.7 Å². The first kappa shape index (κ1) is 16.5. The van der Waals surface area contributed by atoms with Gasteiger partial charge in [-0.25, -0.2) is 4.68 Å². The molecule has 8 heteroatoms. The fourth-order valence-electron chi connectivity index (χ4n) is 2.79. The van der Waals surface area contributed by atoms with E-state index in [9.17, 15) is 14.9 Å². The maximum absolute atomic E-state index is 12.9. The Balaban J connectivity index is 1.54. The summed E-state index contributed by atoms with van der Waals surface area (Å²) < 4.78 is 1.56. The van der Waals surface area contributed by atoms with Crippen LogP contribution in [0.5, 0.6) is 0 Å². The second-order valence-corrected chi connectivity index (χ2v) is 6.99. The van der Waals surface area contributed by atoms with Gasteiger partial charge in [-0.15, -0.1) is 0 Å². The molecule has 0 bridgehead atoms. The zero-order valence-corrected chi connectivity index (χ0v) is 14.6. The van der Waals surface area contributed by atoms with Crippen molar-refractivity contribution in [2.75, 3.05) is 0 Å². The molecule has 1 aliphatic carbocycles. The van der Waals surface area contributed by atoms with Gasteiger partial charge in [0, 0.05) is 30.9 Å². The third kappa shape index (κ3) is 3.36. The number of thiophene rings is 1. The number of amides is 1. The lowest BCUT2D eigenvalue weighted by Crippen LogP contribution is -2.32. The van der Waals surface area contributed by atoms with Gasteiger partial charge in [0.25, 0.3) is 11.6 Å². The lowest BCUT2D eigenvalue weighted by atomic mass is 10.2. The molecule has 4 rings (SSSR count). The first-order chi connectivity index (χ1) is 12.6. The third-order valence-electron chi connectivity index (χ3n) is 4.31. The highest BCUT2D eigenvalue weighted by molar-refractivity contribution is 7.07. The van der Waals surface area contributed by atoms with Crippen LogP contribution in [0.4, 0.5) is 5.69 Å². The monoisotopic (exact) mass is 368 g/mol. The Morgan fingerprint density at radius 1 is 1.27 bits per heavy atom. The van der Waals surface area contributed by atoms with Crippen LogP contribution in [0.3, 0.4) is 0 Å². The number of hydrogen-bond donors (Lipinski definition) is 0. The smallest absolute Gasteiger partial charge is 0.274 e. The number of benzene rings is 1. The molecule has 0 unspecified atom stereocenters. The number of nitro groups is 1. The van der Waals surface area contributed by atoms with E-state index in [-0.39, 0.29) is 17.6 Å². The number of rotatable bonds is 6. The largest absolute Gasteiger partial charge is 0.330 e. The highest BCUT2D eigenvalue weighted by atomic mass is 32.1. The second kappa shape index (κ2) is 6.72. The molecular formula is C18H16N4O3S. The fourth-order valence-corrected chi connectivity index (χ4v) is 3.45. The summed E-state index contributed by atoms with van der Waals surface area (Å²) in [7, 11) is 0. The molecule has 1 saturated carbocycles. The molecule has 7 nitrogen and oxygen atoms in total. The Morgan fingerprint density at radius 3 is 2.65 bits per heavy atom. The van der Waals surface area contributed by atoms with Crippen LogP contribution in [0, 0.1) is 10.1 Å². The van der Waals surface area contributed by atoms with Crippen molar-refractivity contribution >= 4 is 22.9 Å². The molecule has 26 heavy (non-hydrogen) atoms. The van der Waals surface area contributed by atoms with Crippen LogP contribution in [-0.2, 0) is 6.54 Å². The summed E-state index contributed by atoms with van der Waals surface area (Å²) >= 11 is 1.62. The molecular weight excluding hydrogens is 352 g/mol. The summed E-state index contributed by atoms with van der Waals surface area (Å²) in [5, 5.41) is 19.2. The van der Waals surface area contributed by atoms with Crippen molar-refractivity contribution in [3.8, 4) is 5.69 Å². The summed E-state index contributed by atoms with van der Waals surface area (Å²) in [4.78, 5) is 25.1. The highest BCUT2D eigenvalue weighted by Crippen LogP contribution is 2.30. The normalized spacial score (nSPS) is 13.5. The van der Waals surface area contributed by atoms with E-state index in [2.05, 4.69) is 10.5 Å². The number of non-ortho nitro benzene ring substituents is 1. The van der Waals surface area contributed by atoms with Gasteiger partial charge in [-0.1, -0.05) is 0 Å². The molecule has 0 N–H and O–H groups in total. The van der Waals surface area contributed by atoms with E-state index >= 15 is 0 Å². The Morgan fingerprint density at radius 2 is 2.04 bits per heavy atom. The summed E-state index contributed by atoms with van der Waals surface area (Å²) in [6.45, 7) is 0.595. The van der Waals surface area contributed by atoms with E-state index in [1.165, 1.54) is 12.1 Å². The summed E-state index contributed by atoms with van der Waals surface area (Å²) in [6, 6.07) is 10.1. The number of aromatic nitrogens is 2. The Labute approximate surface area is 153 Å².